The lowest BCUT2D eigenvalue weighted by molar-refractivity contribution is 0.249. The van der Waals surface area contributed by atoms with Gasteiger partial charge in [0.2, 0.25) is 0 Å². The molecule has 1 atom stereocenters. The summed E-state index contributed by atoms with van der Waals surface area (Å²) in [6.45, 7) is 8.24. The zero-order valence-corrected chi connectivity index (χ0v) is 16.1. The van der Waals surface area contributed by atoms with Crippen LogP contribution in [-0.2, 0) is 0 Å². The number of nitrogens with one attached hydrogen (secondary N) is 2. The Balaban J connectivity index is 2.15. The van der Waals surface area contributed by atoms with E-state index in [-0.39, 0.29) is 12.1 Å². The first-order valence-corrected chi connectivity index (χ1v) is 8.71. The minimum atomic E-state index is -0.268. The lowest BCUT2D eigenvalue weighted by Crippen LogP contribution is -2.31. The number of hydrogen-bond donors (Lipinski definition) is 2. The van der Waals surface area contributed by atoms with E-state index in [0.717, 1.165) is 22.4 Å². The number of amides is 2. The Morgan fingerprint density at radius 1 is 1.12 bits per heavy atom. The molecule has 4 nitrogen and oxygen atoms in total. The average molecular weight is 361 g/mol. The Morgan fingerprint density at radius 2 is 1.84 bits per heavy atom. The van der Waals surface area contributed by atoms with Crippen molar-refractivity contribution in [3.05, 3.63) is 58.1 Å². The van der Waals surface area contributed by atoms with Crippen molar-refractivity contribution in [1.29, 1.82) is 0 Å². The second-order valence-electron chi connectivity index (χ2n) is 6.44. The molecule has 0 radical (unpaired) electrons. The van der Waals surface area contributed by atoms with Gasteiger partial charge in [-0.15, -0.1) is 0 Å². The molecular weight excluding hydrogens is 336 g/mol. The summed E-state index contributed by atoms with van der Waals surface area (Å²) >= 11 is 5.94. The second kappa shape index (κ2) is 8.26. The molecule has 5 heteroatoms. The van der Waals surface area contributed by atoms with Gasteiger partial charge in [0.15, 0.2) is 0 Å². The SMILES string of the molecule is COc1cc(C)c([C@@H](C)NC(=O)Nc2cccc(Cl)c2)cc1C(C)C. The molecule has 0 heterocycles. The number of methoxy groups -OCH3 is 1. The highest BCUT2D eigenvalue weighted by Crippen LogP contribution is 2.32. The number of benzene rings is 2. The quantitative estimate of drug-likeness (QED) is 0.722. The standard InChI is InChI=1S/C20H25ClN2O2/c1-12(2)17-11-18(13(3)9-19(17)25-5)14(4)22-20(24)23-16-8-6-7-15(21)10-16/h6-12,14H,1-5H3,(H2,22,23,24)/t14-/m1/s1. The smallest absolute Gasteiger partial charge is 0.319 e. The van der Waals surface area contributed by atoms with E-state index in [2.05, 4.69) is 30.5 Å². The van der Waals surface area contributed by atoms with Gasteiger partial charge in [0.05, 0.1) is 13.2 Å². The number of anilines is 1. The van der Waals surface area contributed by atoms with Crippen LogP contribution in [0.1, 0.15) is 49.4 Å². The Labute approximate surface area is 154 Å². The van der Waals surface area contributed by atoms with Crippen LogP contribution in [-0.4, -0.2) is 13.1 Å². The first kappa shape index (κ1) is 19.1. The predicted molar refractivity (Wildman–Crippen MR) is 104 cm³/mol. The minimum Gasteiger partial charge on any atom is -0.496 e. The maximum atomic E-state index is 12.3. The molecule has 2 aromatic carbocycles. The molecule has 2 aromatic rings. The van der Waals surface area contributed by atoms with Crippen LogP contribution in [0.4, 0.5) is 10.5 Å². The molecule has 25 heavy (non-hydrogen) atoms. The fourth-order valence-corrected chi connectivity index (χ4v) is 3.01. The van der Waals surface area contributed by atoms with E-state index in [1.165, 1.54) is 0 Å². The van der Waals surface area contributed by atoms with E-state index in [1.54, 1.807) is 31.4 Å². The highest BCUT2D eigenvalue weighted by Gasteiger charge is 2.17. The summed E-state index contributed by atoms with van der Waals surface area (Å²) in [6.07, 6.45) is 0. The largest absolute Gasteiger partial charge is 0.496 e. The van der Waals surface area contributed by atoms with Crippen molar-refractivity contribution in [2.45, 2.75) is 39.7 Å². The van der Waals surface area contributed by atoms with E-state index < -0.39 is 0 Å². The third kappa shape index (κ3) is 4.89. The molecule has 0 aliphatic heterocycles. The van der Waals surface area contributed by atoms with E-state index >= 15 is 0 Å². The molecule has 2 amide bonds. The Kier molecular flexibility index (Phi) is 6.32. The van der Waals surface area contributed by atoms with Crippen molar-refractivity contribution >= 4 is 23.3 Å². The molecule has 0 aliphatic rings. The molecule has 0 aliphatic carbocycles. The third-order valence-electron chi connectivity index (χ3n) is 4.14. The van der Waals surface area contributed by atoms with Gasteiger partial charge in [0, 0.05) is 10.7 Å². The first-order valence-electron chi connectivity index (χ1n) is 8.33. The van der Waals surface area contributed by atoms with Gasteiger partial charge >= 0.3 is 6.03 Å². The van der Waals surface area contributed by atoms with Crippen molar-refractivity contribution in [2.24, 2.45) is 0 Å². The number of ether oxygens (including phenoxy) is 1. The lowest BCUT2D eigenvalue weighted by atomic mass is 9.93. The molecule has 0 fully saturated rings. The molecule has 0 aromatic heterocycles. The van der Waals surface area contributed by atoms with Gasteiger partial charge in [-0.1, -0.05) is 31.5 Å². The van der Waals surface area contributed by atoms with Gasteiger partial charge in [-0.25, -0.2) is 4.79 Å². The van der Waals surface area contributed by atoms with Crippen LogP contribution in [0.25, 0.3) is 0 Å². The maximum absolute atomic E-state index is 12.3. The summed E-state index contributed by atoms with van der Waals surface area (Å²) in [5, 5.41) is 6.36. The fraction of sp³-hybridized carbons (Fsp3) is 0.350. The summed E-state index contributed by atoms with van der Waals surface area (Å²) in [4.78, 5) is 12.3. The Bertz CT molecular complexity index is 759. The summed E-state index contributed by atoms with van der Waals surface area (Å²) in [7, 11) is 1.68. The van der Waals surface area contributed by atoms with Crippen molar-refractivity contribution in [3.8, 4) is 5.75 Å². The zero-order valence-electron chi connectivity index (χ0n) is 15.3. The topological polar surface area (TPSA) is 50.4 Å². The molecule has 0 unspecified atom stereocenters. The second-order valence-corrected chi connectivity index (χ2v) is 6.87. The monoisotopic (exact) mass is 360 g/mol. The number of halogens is 1. The summed E-state index contributed by atoms with van der Waals surface area (Å²) < 4.78 is 5.48. The predicted octanol–water partition coefficient (Wildman–Crippen LogP) is 5.66. The van der Waals surface area contributed by atoms with Crippen LogP contribution in [0, 0.1) is 6.92 Å². The average Bonchev–Trinajstić information content (AvgIpc) is 2.53. The lowest BCUT2D eigenvalue weighted by Gasteiger charge is -2.21. The minimum absolute atomic E-state index is 0.136. The number of hydrogen-bond acceptors (Lipinski definition) is 2. The van der Waals surface area contributed by atoms with E-state index in [1.807, 2.05) is 19.9 Å². The summed E-state index contributed by atoms with van der Waals surface area (Å²) in [5.41, 5.74) is 3.95. The summed E-state index contributed by atoms with van der Waals surface area (Å²) in [6, 6.07) is 10.8. The van der Waals surface area contributed by atoms with Gasteiger partial charge < -0.3 is 15.4 Å². The molecular formula is C20H25ClN2O2. The highest BCUT2D eigenvalue weighted by atomic mass is 35.5. The molecule has 0 bridgehead atoms. The van der Waals surface area contributed by atoms with Crippen molar-refractivity contribution in [1.82, 2.24) is 5.32 Å². The number of aryl methyl sites for hydroxylation is 1. The zero-order chi connectivity index (χ0) is 18.6. The normalized spacial score (nSPS) is 12.0. The van der Waals surface area contributed by atoms with Gasteiger partial charge in [0.25, 0.3) is 0 Å². The van der Waals surface area contributed by atoms with Crippen molar-refractivity contribution in [2.75, 3.05) is 12.4 Å². The van der Waals surface area contributed by atoms with E-state index in [0.29, 0.717) is 16.6 Å². The number of rotatable bonds is 5. The summed E-state index contributed by atoms with van der Waals surface area (Å²) in [5.74, 6) is 1.22. The van der Waals surface area contributed by atoms with E-state index in [9.17, 15) is 4.79 Å². The van der Waals surface area contributed by atoms with Crippen LogP contribution in [0.3, 0.4) is 0 Å². The van der Waals surface area contributed by atoms with Crippen LogP contribution < -0.4 is 15.4 Å². The number of carbonyl (C=O) groups is 1. The maximum Gasteiger partial charge on any atom is 0.319 e. The van der Waals surface area contributed by atoms with Crippen LogP contribution in [0.2, 0.25) is 5.02 Å². The highest BCUT2D eigenvalue weighted by molar-refractivity contribution is 6.30. The molecule has 2 rings (SSSR count). The third-order valence-corrected chi connectivity index (χ3v) is 4.37. The van der Waals surface area contributed by atoms with Crippen molar-refractivity contribution < 1.29 is 9.53 Å². The number of carbonyl (C=O) groups excluding carboxylic acids is 1. The fourth-order valence-electron chi connectivity index (χ4n) is 2.82. The van der Waals surface area contributed by atoms with Crippen molar-refractivity contribution in [3.63, 3.8) is 0 Å². The van der Waals surface area contributed by atoms with Gasteiger partial charge in [-0.05, 0) is 66.8 Å². The molecule has 0 spiro atoms. The molecule has 134 valence electrons. The number of urea groups is 1. The molecule has 2 N–H and O–H groups in total. The molecule has 0 saturated carbocycles. The Hall–Kier alpha value is -2.20. The first-order chi connectivity index (χ1) is 11.8. The van der Waals surface area contributed by atoms with Crippen LogP contribution in [0.5, 0.6) is 5.75 Å². The van der Waals surface area contributed by atoms with Gasteiger partial charge in [0.1, 0.15) is 5.75 Å². The van der Waals surface area contributed by atoms with Gasteiger partial charge in [-0.2, -0.15) is 0 Å². The Morgan fingerprint density at radius 3 is 2.44 bits per heavy atom. The van der Waals surface area contributed by atoms with Crippen LogP contribution in [0.15, 0.2) is 36.4 Å². The molecule has 0 saturated heterocycles. The van der Waals surface area contributed by atoms with E-state index in [4.69, 9.17) is 16.3 Å². The van der Waals surface area contributed by atoms with Gasteiger partial charge in [-0.3, -0.25) is 0 Å². The van der Waals surface area contributed by atoms with Crippen LogP contribution >= 0.6 is 11.6 Å².